The highest BCUT2D eigenvalue weighted by molar-refractivity contribution is 7.99. The summed E-state index contributed by atoms with van der Waals surface area (Å²) < 4.78 is 4.12. The standard InChI is InChI=1S/C7H11N3S2/c1-5-8-7(12-10-5)9-6-2-3-11-4-6/h6H,2-4H2,1H3,(H,8,9,10). The first-order valence-electron chi connectivity index (χ1n) is 3.99. The first kappa shape index (κ1) is 8.31. The molecule has 0 saturated carbocycles. The van der Waals surface area contributed by atoms with Crippen LogP contribution in [0.3, 0.4) is 0 Å². The second kappa shape index (κ2) is 3.62. The summed E-state index contributed by atoms with van der Waals surface area (Å²) in [5.74, 6) is 3.35. The lowest BCUT2D eigenvalue weighted by molar-refractivity contribution is 0.810. The lowest BCUT2D eigenvalue weighted by atomic mass is 10.3. The van der Waals surface area contributed by atoms with E-state index in [0.29, 0.717) is 6.04 Å². The number of thioether (sulfide) groups is 1. The molecule has 1 fully saturated rings. The Balaban J connectivity index is 1.94. The molecule has 1 N–H and O–H groups in total. The molecule has 1 saturated heterocycles. The fourth-order valence-electron chi connectivity index (χ4n) is 1.18. The minimum absolute atomic E-state index is 0.613. The fraction of sp³-hybridized carbons (Fsp3) is 0.714. The summed E-state index contributed by atoms with van der Waals surface area (Å²) in [6.07, 6.45) is 1.25. The second-order valence-corrected chi connectivity index (χ2v) is 4.75. The number of rotatable bonds is 2. The van der Waals surface area contributed by atoms with Crippen LogP contribution in [0.2, 0.25) is 0 Å². The van der Waals surface area contributed by atoms with Gasteiger partial charge in [-0.1, -0.05) is 0 Å². The molecule has 2 rings (SSSR count). The minimum atomic E-state index is 0.613. The molecule has 1 unspecified atom stereocenters. The molecule has 2 heterocycles. The molecule has 1 aromatic heterocycles. The Labute approximate surface area is 80.1 Å². The second-order valence-electron chi connectivity index (χ2n) is 2.85. The van der Waals surface area contributed by atoms with Crippen molar-refractivity contribution in [3.05, 3.63) is 5.82 Å². The highest BCUT2D eigenvalue weighted by Gasteiger charge is 2.16. The Morgan fingerprint density at radius 2 is 2.50 bits per heavy atom. The molecular formula is C7H11N3S2. The normalized spacial score (nSPS) is 22.9. The van der Waals surface area contributed by atoms with Crippen LogP contribution in [-0.2, 0) is 0 Å². The molecule has 1 aromatic rings. The van der Waals surface area contributed by atoms with Crippen molar-refractivity contribution in [1.82, 2.24) is 9.36 Å². The van der Waals surface area contributed by atoms with E-state index in [-0.39, 0.29) is 0 Å². The smallest absolute Gasteiger partial charge is 0.202 e. The quantitative estimate of drug-likeness (QED) is 0.791. The predicted octanol–water partition coefficient (Wildman–Crippen LogP) is 1.76. The van der Waals surface area contributed by atoms with E-state index in [0.717, 1.165) is 11.0 Å². The van der Waals surface area contributed by atoms with Crippen molar-refractivity contribution in [3.8, 4) is 0 Å². The molecule has 1 aliphatic heterocycles. The van der Waals surface area contributed by atoms with Gasteiger partial charge in [-0.2, -0.15) is 16.1 Å². The zero-order valence-corrected chi connectivity index (χ0v) is 8.54. The molecule has 3 nitrogen and oxygen atoms in total. The summed E-state index contributed by atoms with van der Waals surface area (Å²) >= 11 is 3.46. The largest absolute Gasteiger partial charge is 0.357 e. The minimum Gasteiger partial charge on any atom is -0.357 e. The van der Waals surface area contributed by atoms with Gasteiger partial charge >= 0.3 is 0 Å². The zero-order valence-electron chi connectivity index (χ0n) is 6.91. The number of nitrogens with zero attached hydrogens (tertiary/aromatic N) is 2. The Hall–Kier alpha value is -0.290. The molecule has 12 heavy (non-hydrogen) atoms. The van der Waals surface area contributed by atoms with Crippen LogP contribution in [0.15, 0.2) is 0 Å². The van der Waals surface area contributed by atoms with E-state index in [1.54, 1.807) is 0 Å². The van der Waals surface area contributed by atoms with Gasteiger partial charge in [0.2, 0.25) is 5.13 Å². The number of hydrogen-bond donors (Lipinski definition) is 1. The van der Waals surface area contributed by atoms with E-state index >= 15 is 0 Å². The van der Waals surface area contributed by atoms with Crippen LogP contribution in [0.25, 0.3) is 0 Å². The SMILES string of the molecule is Cc1nsc(NC2CCSC2)n1. The van der Waals surface area contributed by atoms with Gasteiger partial charge in [0, 0.05) is 23.3 Å². The van der Waals surface area contributed by atoms with Crippen molar-refractivity contribution >= 4 is 28.4 Å². The zero-order chi connectivity index (χ0) is 8.39. The maximum absolute atomic E-state index is 4.26. The van der Waals surface area contributed by atoms with Crippen LogP contribution in [0.1, 0.15) is 12.2 Å². The number of anilines is 1. The van der Waals surface area contributed by atoms with Crippen LogP contribution in [0, 0.1) is 6.92 Å². The first-order chi connectivity index (χ1) is 5.84. The summed E-state index contributed by atoms with van der Waals surface area (Å²) in [7, 11) is 0. The monoisotopic (exact) mass is 201 g/mol. The molecule has 66 valence electrons. The first-order valence-corrected chi connectivity index (χ1v) is 5.92. The van der Waals surface area contributed by atoms with E-state index in [4.69, 9.17) is 0 Å². The van der Waals surface area contributed by atoms with Crippen LogP contribution in [0.5, 0.6) is 0 Å². The van der Waals surface area contributed by atoms with Crippen molar-refractivity contribution < 1.29 is 0 Å². The summed E-state index contributed by atoms with van der Waals surface area (Å²) in [4.78, 5) is 4.26. The molecule has 1 aliphatic rings. The van der Waals surface area contributed by atoms with Crippen molar-refractivity contribution in [2.75, 3.05) is 16.8 Å². The van der Waals surface area contributed by atoms with Crippen molar-refractivity contribution in [1.29, 1.82) is 0 Å². The summed E-state index contributed by atoms with van der Waals surface area (Å²) in [5, 5.41) is 4.36. The van der Waals surface area contributed by atoms with Gasteiger partial charge in [0.1, 0.15) is 5.82 Å². The maximum Gasteiger partial charge on any atom is 0.202 e. The van der Waals surface area contributed by atoms with Gasteiger partial charge in [-0.25, -0.2) is 4.98 Å². The third-order valence-corrected chi connectivity index (χ3v) is 3.68. The van der Waals surface area contributed by atoms with E-state index in [1.807, 2.05) is 18.7 Å². The molecule has 1 atom stereocenters. The van der Waals surface area contributed by atoms with Gasteiger partial charge in [-0.15, -0.1) is 0 Å². The van der Waals surface area contributed by atoms with Gasteiger partial charge < -0.3 is 5.32 Å². The lowest BCUT2D eigenvalue weighted by Crippen LogP contribution is -2.17. The third-order valence-electron chi connectivity index (χ3n) is 1.78. The van der Waals surface area contributed by atoms with Crippen LogP contribution >= 0.6 is 23.3 Å². The molecule has 0 aromatic carbocycles. The molecular weight excluding hydrogens is 190 g/mol. The van der Waals surface area contributed by atoms with Crippen molar-refractivity contribution in [3.63, 3.8) is 0 Å². The highest BCUT2D eigenvalue weighted by Crippen LogP contribution is 2.21. The van der Waals surface area contributed by atoms with Gasteiger partial charge in [-0.3, -0.25) is 0 Å². The highest BCUT2D eigenvalue weighted by atomic mass is 32.2. The van der Waals surface area contributed by atoms with E-state index in [1.165, 1.54) is 29.5 Å². The number of aryl methyl sites for hydroxylation is 1. The molecule has 0 radical (unpaired) electrons. The van der Waals surface area contributed by atoms with Crippen molar-refractivity contribution in [2.45, 2.75) is 19.4 Å². The van der Waals surface area contributed by atoms with Crippen molar-refractivity contribution in [2.24, 2.45) is 0 Å². The van der Waals surface area contributed by atoms with Crippen LogP contribution in [0.4, 0.5) is 5.13 Å². The average molecular weight is 201 g/mol. The molecule has 0 spiro atoms. The molecule has 5 heteroatoms. The molecule has 0 amide bonds. The number of nitrogens with one attached hydrogen (secondary N) is 1. The van der Waals surface area contributed by atoms with Gasteiger partial charge in [0.05, 0.1) is 0 Å². The third kappa shape index (κ3) is 1.90. The van der Waals surface area contributed by atoms with E-state index in [9.17, 15) is 0 Å². The Morgan fingerprint density at radius 1 is 1.58 bits per heavy atom. The summed E-state index contributed by atoms with van der Waals surface area (Å²) in [6, 6.07) is 0.613. The number of hydrogen-bond acceptors (Lipinski definition) is 5. The maximum atomic E-state index is 4.26. The number of aromatic nitrogens is 2. The lowest BCUT2D eigenvalue weighted by Gasteiger charge is -2.07. The Morgan fingerprint density at radius 3 is 3.08 bits per heavy atom. The predicted molar refractivity (Wildman–Crippen MR) is 54.0 cm³/mol. The molecule has 0 aliphatic carbocycles. The van der Waals surface area contributed by atoms with Gasteiger partial charge in [-0.05, 0) is 19.1 Å². The fourth-order valence-corrected chi connectivity index (χ4v) is 2.98. The Bertz CT molecular complexity index is 255. The molecule has 0 bridgehead atoms. The van der Waals surface area contributed by atoms with Crippen LogP contribution < -0.4 is 5.32 Å². The summed E-state index contributed by atoms with van der Waals surface area (Å²) in [5.41, 5.74) is 0. The average Bonchev–Trinajstić information content (AvgIpc) is 2.63. The summed E-state index contributed by atoms with van der Waals surface area (Å²) in [6.45, 7) is 1.92. The van der Waals surface area contributed by atoms with Crippen LogP contribution in [-0.4, -0.2) is 26.9 Å². The van der Waals surface area contributed by atoms with Gasteiger partial charge in [0.15, 0.2) is 0 Å². The van der Waals surface area contributed by atoms with E-state index < -0.39 is 0 Å². The Kier molecular flexibility index (Phi) is 2.51. The topological polar surface area (TPSA) is 37.8 Å². The van der Waals surface area contributed by atoms with Gasteiger partial charge in [0.25, 0.3) is 0 Å². The van der Waals surface area contributed by atoms with E-state index in [2.05, 4.69) is 14.7 Å².